The molecule has 3 rings (SSSR count). The van der Waals surface area contributed by atoms with E-state index in [4.69, 9.17) is 0 Å². The maximum absolute atomic E-state index is 13.3. The highest BCUT2D eigenvalue weighted by Gasteiger charge is 2.09. The summed E-state index contributed by atoms with van der Waals surface area (Å²) in [5.41, 5.74) is 4.01. The van der Waals surface area contributed by atoms with Crippen LogP contribution < -0.4 is 5.32 Å². The van der Waals surface area contributed by atoms with Gasteiger partial charge in [0.05, 0.1) is 0 Å². The van der Waals surface area contributed by atoms with Crippen LogP contribution in [0.5, 0.6) is 0 Å². The van der Waals surface area contributed by atoms with Crippen molar-refractivity contribution in [1.82, 2.24) is 4.98 Å². The average molecular weight is 372 g/mol. The lowest BCUT2D eigenvalue weighted by molar-refractivity contribution is 0.102. The average Bonchev–Trinajstić information content (AvgIpc) is 3.02. The molecule has 0 aliphatic carbocycles. The number of halogens is 1. The summed E-state index contributed by atoms with van der Waals surface area (Å²) in [4.78, 5) is 16.7. The molecule has 0 atom stereocenters. The first kappa shape index (κ1) is 17.6. The molecule has 0 unspecified atom stereocenters. The summed E-state index contributed by atoms with van der Waals surface area (Å²) in [6, 6.07) is 11.8. The SMILES string of the molecule is Cc1csc(SCc2ccc(C(=O)Nc3cc(F)ccc3C)cc2)n1. The molecule has 0 aliphatic rings. The van der Waals surface area contributed by atoms with Crippen molar-refractivity contribution in [3.05, 3.63) is 76.0 Å². The fourth-order valence-electron chi connectivity index (χ4n) is 2.22. The van der Waals surface area contributed by atoms with E-state index >= 15 is 0 Å². The monoisotopic (exact) mass is 372 g/mol. The minimum atomic E-state index is -0.370. The molecule has 128 valence electrons. The molecule has 0 fully saturated rings. The van der Waals surface area contributed by atoms with Crippen LogP contribution in [-0.2, 0) is 5.75 Å². The Labute approximate surface area is 154 Å². The quantitative estimate of drug-likeness (QED) is 0.606. The minimum Gasteiger partial charge on any atom is -0.322 e. The Balaban J connectivity index is 1.63. The summed E-state index contributed by atoms with van der Waals surface area (Å²) < 4.78 is 14.4. The van der Waals surface area contributed by atoms with E-state index in [1.807, 2.05) is 31.4 Å². The number of hydrogen-bond donors (Lipinski definition) is 1. The van der Waals surface area contributed by atoms with Crippen LogP contribution in [0.3, 0.4) is 0 Å². The number of amides is 1. The summed E-state index contributed by atoms with van der Waals surface area (Å²) in [5, 5.41) is 4.79. The molecule has 1 amide bonds. The van der Waals surface area contributed by atoms with E-state index in [9.17, 15) is 9.18 Å². The highest BCUT2D eigenvalue weighted by atomic mass is 32.2. The largest absolute Gasteiger partial charge is 0.322 e. The molecule has 0 spiro atoms. The van der Waals surface area contributed by atoms with Crippen LogP contribution in [0.4, 0.5) is 10.1 Å². The fourth-order valence-corrected chi connectivity index (χ4v) is 4.02. The van der Waals surface area contributed by atoms with Crippen LogP contribution >= 0.6 is 23.1 Å². The van der Waals surface area contributed by atoms with Crippen molar-refractivity contribution in [2.75, 3.05) is 5.32 Å². The smallest absolute Gasteiger partial charge is 0.255 e. The second-order valence-corrected chi connectivity index (χ2v) is 7.73. The zero-order valence-electron chi connectivity index (χ0n) is 13.9. The van der Waals surface area contributed by atoms with Gasteiger partial charge in [-0.05, 0) is 49.2 Å². The van der Waals surface area contributed by atoms with Crippen LogP contribution in [0, 0.1) is 19.7 Å². The predicted molar refractivity (Wildman–Crippen MR) is 102 cm³/mol. The number of aryl methyl sites for hydroxylation is 2. The molecule has 0 saturated heterocycles. The van der Waals surface area contributed by atoms with Gasteiger partial charge in [0.15, 0.2) is 0 Å². The number of thioether (sulfide) groups is 1. The van der Waals surface area contributed by atoms with E-state index in [2.05, 4.69) is 10.3 Å². The third-order valence-corrected chi connectivity index (χ3v) is 5.83. The van der Waals surface area contributed by atoms with Crippen LogP contribution in [-0.4, -0.2) is 10.9 Å². The fraction of sp³-hybridized carbons (Fsp3) is 0.158. The first-order chi connectivity index (χ1) is 12.0. The van der Waals surface area contributed by atoms with E-state index in [-0.39, 0.29) is 11.7 Å². The van der Waals surface area contributed by atoms with Crippen LogP contribution in [0.1, 0.15) is 27.2 Å². The van der Waals surface area contributed by atoms with Crippen molar-refractivity contribution in [3.8, 4) is 0 Å². The summed E-state index contributed by atoms with van der Waals surface area (Å²) >= 11 is 3.32. The Morgan fingerprint density at radius 3 is 2.64 bits per heavy atom. The van der Waals surface area contributed by atoms with Gasteiger partial charge in [0.2, 0.25) is 0 Å². The number of anilines is 1. The third kappa shape index (κ3) is 4.67. The maximum atomic E-state index is 13.3. The third-order valence-electron chi connectivity index (χ3n) is 3.62. The molecule has 0 saturated carbocycles. The van der Waals surface area contributed by atoms with Gasteiger partial charge in [-0.3, -0.25) is 4.79 Å². The molecule has 0 aliphatic heterocycles. The van der Waals surface area contributed by atoms with Crippen molar-refractivity contribution >= 4 is 34.7 Å². The van der Waals surface area contributed by atoms with Crippen molar-refractivity contribution < 1.29 is 9.18 Å². The number of nitrogens with one attached hydrogen (secondary N) is 1. The summed E-state index contributed by atoms with van der Waals surface area (Å²) in [5.74, 6) is 0.187. The highest BCUT2D eigenvalue weighted by Crippen LogP contribution is 2.26. The predicted octanol–water partition coefficient (Wildman–Crippen LogP) is 5.44. The van der Waals surface area contributed by atoms with Gasteiger partial charge in [-0.25, -0.2) is 9.37 Å². The summed E-state index contributed by atoms with van der Waals surface area (Å²) in [6.45, 7) is 3.81. The van der Waals surface area contributed by atoms with Gasteiger partial charge < -0.3 is 5.32 Å². The van der Waals surface area contributed by atoms with Gasteiger partial charge in [0.25, 0.3) is 5.91 Å². The molecule has 1 heterocycles. The van der Waals surface area contributed by atoms with E-state index in [1.165, 1.54) is 12.1 Å². The normalized spacial score (nSPS) is 10.7. The van der Waals surface area contributed by atoms with E-state index in [0.29, 0.717) is 11.3 Å². The number of aromatic nitrogens is 1. The topological polar surface area (TPSA) is 42.0 Å². The Bertz CT molecular complexity index is 891. The lowest BCUT2D eigenvalue weighted by atomic mass is 10.1. The van der Waals surface area contributed by atoms with Crippen molar-refractivity contribution in [1.29, 1.82) is 0 Å². The van der Waals surface area contributed by atoms with E-state index in [1.54, 1.807) is 41.3 Å². The van der Waals surface area contributed by atoms with Gasteiger partial charge in [0, 0.05) is 28.1 Å². The van der Waals surface area contributed by atoms with E-state index < -0.39 is 0 Å². The summed E-state index contributed by atoms with van der Waals surface area (Å²) in [7, 11) is 0. The van der Waals surface area contributed by atoms with Crippen molar-refractivity contribution in [2.24, 2.45) is 0 Å². The second kappa shape index (κ2) is 7.80. The number of carbonyl (C=O) groups excluding carboxylic acids is 1. The number of benzene rings is 2. The molecule has 25 heavy (non-hydrogen) atoms. The standard InChI is InChI=1S/C19H17FN2OS2/c1-12-3-8-16(20)9-17(12)22-18(23)15-6-4-14(5-7-15)11-25-19-21-13(2)10-24-19/h3-10H,11H2,1-2H3,(H,22,23). The zero-order valence-corrected chi connectivity index (χ0v) is 15.5. The Morgan fingerprint density at radius 1 is 1.20 bits per heavy atom. The maximum Gasteiger partial charge on any atom is 0.255 e. The first-order valence-corrected chi connectivity index (χ1v) is 9.59. The van der Waals surface area contributed by atoms with Crippen LogP contribution in [0.2, 0.25) is 0 Å². The molecular formula is C19H17FN2OS2. The number of carbonyl (C=O) groups is 1. The van der Waals surface area contributed by atoms with Crippen LogP contribution in [0.15, 0.2) is 52.2 Å². The van der Waals surface area contributed by atoms with Crippen LogP contribution in [0.25, 0.3) is 0 Å². The van der Waals surface area contributed by atoms with Gasteiger partial charge in [-0.2, -0.15) is 0 Å². The lowest BCUT2D eigenvalue weighted by Gasteiger charge is -2.09. The van der Waals surface area contributed by atoms with Gasteiger partial charge in [-0.1, -0.05) is 30.0 Å². The van der Waals surface area contributed by atoms with Gasteiger partial charge in [-0.15, -0.1) is 11.3 Å². The molecule has 6 heteroatoms. The van der Waals surface area contributed by atoms with Crippen molar-refractivity contribution in [3.63, 3.8) is 0 Å². The molecule has 0 bridgehead atoms. The summed E-state index contributed by atoms with van der Waals surface area (Å²) in [6.07, 6.45) is 0. The highest BCUT2D eigenvalue weighted by molar-refractivity contribution is 8.00. The zero-order chi connectivity index (χ0) is 17.8. The molecule has 3 nitrogen and oxygen atoms in total. The molecular weight excluding hydrogens is 355 g/mol. The van der Waals surface area contributed by atoms with Gasteiger partial charge in [0.1, 0.15) is 10.2 Å². The molecule has 2 aromatic carbocycles. The molecule has 1 N–H and O–H groups in total. The Kier molecular flexibility index (Phi) is 5.50. The first-order valence-electron chi connectivity index (χ1n) is 7.72. The molecule has 1 aromatic heterocycles. The number of hydrogen-bond acceptors (Lipinski definition) is 4. The Morgan fingerprint density at radius 2 is 1.96 bits per heavy atom. The number of nitrogens with zero attached hydrogens (tertiary/aromatic N) is 1. The van der Waals surface area contributed by atoms with Gasteiger partial charge >= 0.3 is 0 Å². The van der Waals surface area contributed by atoms with E-state index in [0.717, 1.165) is 26.9 Å². The second-order valence-electron chi connectivity index (χ2n) is 5.65. The Hall–Kier alpha value is -2.18. The number of rotatable bonds is 5. The lowest BCUT2D eigenvalue weighted by Crippen LogP contribution is -2.12. The number of thiazole rings is 1. The minimum absolute atomic E-state index is 0.247. The van der Waals surface area contributed by atoms with Crippen molar-refractivity contribution in [2.45, 2.75) is 23.9 Å². The molecule has 3 aromatic rings. The molecule has 0 radical (unpaired) electrons.